The number of ether oxygens (including phenoxy) is 1. The van der Waals surface area contributed by atoms with E-state index in [1.807, 2.05) is 79.3 Å². The van der Waals surface area contributed by atoms with E-state index in [0.717, 1.165) is 33.1 Å². The van der Waals surface area contributed by atoms with Crippen molar-refractivity contribution in [3.63, 3.8) is 0 Å². The van der Waals surface area contributed by atoms with Gasteiger partial charge in [0.1, 0.15) is 18.1 Å². The highest BCUT2D eigenvalue weighted by Crippen LogP contribution is 2.32. The van der Waals surface area contributed by atoms with Gasteiger partial charge in [-0.25, -0.2) is 0 Å². The summed E-state index contributed by atoms with van der Waals surface area (Å²) in [5, 5.41) is 3.72. The summed E-state index contributed by atoms with van der Waals surface area (Å²) in [6, 6.07) is 19.2. The van der Waals surface area contributed by atoms with Gasteiger partial charge in [0.2, 0.25) is 0 Å². The fraction of sp³-hybridized carbons (Fsp3) is 0.250. The molecule has 1 unspecified atom stereocenters. The number of furan rings is 1. The van der Waals surface area contributed by atoms with E-state index in [-0.39, 0.29) is 30.2 Å². The van der Waals surface area contributed by atoms with Crippen molar-refractivity contribution in [2.24, 2.45) is 0 Å². The molecule has 0 aliphatic rings. The van der Waals surface area contributed by atoms with Crippen LogP contribution < -0.4 is 10.1 Å². The summed E-state index contributed by atoms with van der Waals surface area (Å²) in [6.45, 7) is 8.32. The van der Waals surface area contributed by atoms with Crippen molar-refractivity contribution in [3.8, 4) is 11.4 Å². The van der Waals surface area contributed by atoms with E-state index >= 15 is 0 Å². The molecule has 176 valence electrons. The van der Waals surface area contributed by atoms with Gasteiger partial charge < -0.3 is 19.0 Å². The molecule has 2 heterocycles. The number of carbonyl (C=O) groups excluding carboxylic acids is 1. The number of rotatable bonds is 8. The van der Waals surface area contributed by atoms with E-state index in [4.69, 9.17) is 20.8 Å². The van der Waals surface area contributed by atoms with Crippen molar-refractivity contribution < 1.29 is 13.9 Å². The molecule has 1 amide bonds. The number of benzene rings is 2. The molecule has 0 saturated heterocycles. The Morgan fingerprint density at radius 2 is 1.76 bits per heavy atom. The highest BCUT2D eigenvalue weighted by atomic mass is 35.5. The lowest BCUT2D eigenvalue weighted by Gasteiger charge is -2.15. The Balaban J connectivity index is 1.37. The van der Waals surface area contributed by atoms with Crippen LogP contribution in [-0.2, 0) is 6.61 Å². The van der Waals surface area contributed by atoms with Crippen molar-refractivity contribution >= 4 is 17.5 Å². The first-order valence-corrected chi connectivity index (χ1v) is 11.8. The fourth-order valence-corrected chi connectivity index (χ4v) is 3.94. The predicted molar refractivity (Wildman–Crippen MR) is 135 cm³/mol. The molecule has 0 radical (unpaired) electrons. The van der Waals surface area contributed by atoms with Crippen molar-refractivity contribution in [2.75, 3.05) is 0 Å². The molecule has 0 spiro atoms. The van der Waals surface area contributed by atoms with Crippen molar-refractivity contribution in [1.82, 2.24) is 9.88 Å². The summed E-state index contributed by atoms with van der Waals surface area (Å²) in [5.41, 5.74) is 4.07. The van der Waals surface area contributed by atoms with Crippen LogP contribution in [-0.4, -0.2) is 10.5 Å². The van der Waals surface area contributed by atoms with Gasteiger partial charge in [0.25, 0.3) is 5.91 Å². The number of nitrogens with one attached hydrogen (secondary N) is 1. The van der Waals surface area contributed by atoms with Gasteiger partial charge in [-0.15, -0.1) is 0 Å². The van der Waals surface area contributed by atoms with Crippen LogP contribution in [0.5, 0.6) is 5.75 Å². The largest absolute Gasteiger partial charge is 0.485 e. The summed E-state index contributed by atoms with van der Waals surface area (Å²) in [7, 11) is 0. The average molecular weight is 477 g/mol. The molecular formula is C28H29ClN2O3. The first kappa shape index (κ1) is 23.7. The minimum atomic E-state index is -0.265. The number of aromatic nitrogens is 1. The topological polar surface area (TPSA) is 56.4 Å². The van der Waals surface area contributed by atoms with E-state index in [2.05, 4.69) is 19.2 Å². The Morgan fingerprint density at radius 1 is 1.06 bits per heavy atom. The van der Waals surface area contributed by atoms with Crippen LogP contribution in [0.25, 0.3) is 5.69 Å². The molecule has 34 heavy (non-hydrogen) atoms. The van der Waals surface area contributed by atoms with Crippen LogP contribution in [0.3, 0.4) is 0 Å². The smallest absolute Gasteiger partial charge is 0.287 e. The van der Waals surface area contributed by atoms with Crippen molar-refractivity contribution in [3.05, 3.63) is 106 Å². The van der Waals surface area contributed by atoms with Crippen LogP contribution in [0.1, 0.15) is 65.7 Å². The number of amides is 1. The molecule has 0 saturated carbocycles. The maximum Gasteiger partial charge on any atom is 0.287 e. The van der Waals surface area contributed by atoms with Gasteiger partial charge in [0, 0.05) is 23.1 Å². The Labute approximate surface area is 205 Å². The van der Waals surface area contributed by atoms with E-state index in [1.54, 1.807) is 12.1 Å². The van der Waals surface area contributed by atoms with Gasteiger partial charge in [-0.3, -0.25) is 4.79 Å². The molecule has 4 rings (SSSR count). The molecule has 0 fully saturated rings. The highest BCUT2D eigenvalue weighted by molar-refractivity contribution is 6.31. The summed E-state index contributed by atoms with van der Waals surface area (Å²) in [6.07, 6.45) is 3.99. The van der Waals surface area contributed by atoms with Crippen LogP contribution in [0.2, 0.25) is 5.02 Å². The zero-order valence-electron chi connectivity index (χ0n) is 19.8. The van der Waals surface area contributed by atoms with Gasteiger partial charge in [-0.1, -0.05) is 37.6 Å². The molecule has 6 heteroatoms. The van der Waals surface area contributed by atoms with E-state index in [9.17, 15) is 4.79 Å². The molecule has 0 aliphatic heterocycles. The summed E-state index contributed by atoms with van der Waals surface area (Å²) < 4.78 is 13.8. The average Bonchev–Trinajstić information content (AvgIpc) is 3.52. The molecule has 2 aromatic carbocycles. The Bertz CT molecular complexity index is 1260. The summed E-state index contributed by atoms with van der Waals surface area (Å²) >= 11 is 6.28. The minimum Gasteiger partial charge on any atom is -0.485 e. The Morgan fingerprint density at radius 3 is 2.44 bits per heavy atom. The number of nitrogens with zero attached hydrogens (tertiary/aromatic N) is 1. The van der Waals surface area contributed by atoms with Gasteiger partial charge in [0.15, 0.2) is 5.76 Å². The summed E-state index contributed by atoms with van der Waals surface area (Å²) in [4.78, 5) is 12.7. The first-order valence-electron chi connectivity index (χ1n) is 11.4. The lowest BCUT2D eigenvalue weighted by molar-refractivity contribution is 0.0907. The number of aryl methyl sites for hydroxylation is 1. The van der Waals surface area contributed by atoms with Crippen molar-refractivity contribution in [2.45, 2.75) is 46.3 Å². The summed E-state index contributed by atoms with van der Waals surface area (Å²) in [5.74, 6) is 1.61. The molecule has 2 aromatic heterocycles. The van der Waals surface area contributed by atoms with Crippen molar-refractivity contribution in [1.29, 1.82) is 0 Å². The van der Waals surface area contributed by atoms with Gasteiger partial charge in [-0.2, -0.15) is 0 Å². The molecule has 1 atom stereocenters. The third-order valence-corrected chi connectivity index (χ3v) is 6.22. The second-order valence-electron chi connectivity index (χ2n) is 8.73. The van der Waals surface area contributed by atoms with E-state index in [0.29, 0.717) is 5.76 Å². The SMILES string of the molecule is Cc1cc(OCc2ccc(C(=O)NC(C)c3ccc(-n4cccc4)cc3)o2)c(C(C)C)cc1Cl. The number of hydrogen-bond acceptors (Lipinski definition) is 3. The van der Waals surface area contributed by atoms with Gasteiger partial charge in [-0.05, 0) is 85.0 Å². The Kier molecular flexibility index (Phi) is 7.13. The molecule has 5 nitrogen and oxygen atoms in total. The Hall–Kier alpha value is -3.44. The third-order valence-electron chi connectivity index (χ3n) is 5.81. The van der Waals surface area contributed by atoms with Gasteiger partial charge >= 0.3 is 0 Å². The van der Waals surface area contributed by atoms with Crippen LogP contribution in [0, 0.1) is 6.92 Å². The maximum absolute atomic E-state index is 12.7. The third kappa shape index (κ3) is 5.37. The molecule has 0 bridgehead atoms. The normalized spacial score (nSPS) is 12.1. The quantitative estimate of drug-likeness (QED) is 0.292. The lowest BCUT2D eigenvalue weighted by Crippen LogP contribution is -2.26. The fourth-order valence-electron chi connectivity index (χ4n) is 3.77. The molecule has 4 aromatic rings. The van der Waals surface area contributed by atoms with Crippen LogP contribution >= 0.6 is 11.6 Å². The number of hydrogen-bond donors (Lipinski definition) is 1. The molecule has 0 aliphatic carbocycles. The zero-order valence-corrected chi connectivity index (χ0v) is 20.6. The monoisotopic (exact) mass is 476 g/mol. The van der Waals surface area contributed by atoms with Gasteiger partial charge in [0.05, 0.1) is 6.04 Å². The van der Waals surface area contributed by atoms with Crippen LogP contribution in [0.4, 0.5) is 0 Å². The van der Waals surface area contributed by atoms with E-state index < -0.39 is 0 Å². The molecule has 1 N–H and O–H groups in total. The second kappa shape index (κ2) is 10.2. The van der Waals surface area contributed by atoms with Crippen LogP contribution in [0.15, 0.2) is 77.5 Å². The predicted octanol–water partition coefficient (Wildman–Crippen LogP) is 7.23. The minimum absolute atomic E-state index is 0.165. The first-order chi connectivity index (χ1) is 16.3. The molecular weight excluding hydrogens is 448 g/mol. The maximum atomic E-state index is 12.7. The number of carbonyl (C=O) groups is 1. The highest BCUT2D eigenvalue weighted by Gasteiger charge is 2.17. The standard InChI is InChI=1S/C28H29ClN2O3/c1-18(2)24-16-25(29)19(3)15-27(24)33-17-23-11-12-26(34-23)28(32)30-20(4)21-7-9-22(10-8-21)31-13-5-6-14-31/h5-16,18,20H,17H2,1-4H3,(H,30,32). The number of halogens is 1. The second-order valence-corrected chi connectivity index (χ2v) is 9.13. The zero-order chi connectivity index (χ0) is 24.2. The lowest BCUT2D eigenvalue weighted by atomic mass is 10.0. The van der Waals surface area contributed by atoms with E-state index in [1.165, 1.54) is 0 Å².